The molecule has 1 saturated heterocycles. The van der Waals surface area contributed by atoms with Crippen LogP contribution in [0.2, 0.25) is 18.1 Å². The zero-order valence-electron chi connectivity index (χ0n) is 13.9. The molecule has 0 aromatic rings. The molecule has 0 radical (unpaired) electrons. The van der Waals surface area contributed by atoms with Crippen LogP contribution in [0.1, 0.15) is 41.0 Å². The number of hydrogen-bond donors (Lipinski definition) is 0. The number of carbonyl (C=O) groups is 1. The first-order valence-electron chi connectivity index (χ1n) is 7.46. The van der Waals surface area contributed by atoms with Crippen molar-refractivity contribution in [1.29, 1.82) is 0 Å². The van der Waals surface area contributed by atoms with Crippen LogP contribution in [0.4, 0.5) is 0 Å². The van der Waals surface area contributed by atoms with Crippen LogP contribution in [-0.2, 0) is 14.0 Å². The van der Waals surface area contributed by atoms with E-state index in [1.54, 1.807) is 0 Å². The van der Waals surface area contributed by atoms with Crippen molar-refractivity contribution in [2.24, 2.45) is 10.8 Å². The van der Waals surface area contributed by atoms with Crippen LogP contribution in [0.5, 0.6) is 0 Å². The Morgan fingerprint density at radius 1 is 1.35 bits per heavy atom. The standard InChI is InChI=1S/C16H28O3Si/c1-14(2,3)20(6,7)19-12-9-8-10-15(4)11-18-13(17)16(12,15)5/h8-9,12H,10-11H2,1-7H3/t12-,15-,16+/m1/s1. The lowest BCUT2D eigenvalue weighted by atomic mass is 9.60. The topological polar surface area (TPSA) is 35.5 Å². The summed E-state index contributed by atoms with van der Waals surface area (Å²) < 4.78 is 11.9. The number of fused-ring (bicyclic) bond motifs is 1. The summed E-state index contributed by atoms with van der Waals surface area (Å²) in [5.41, 5.74) is -0.705. The number of ether oxygens (including phenoxy) is 1. The van der Waals surface area contributed by atoms with Crippen LogP contribution < -0.4 is 0 Å². The molecule has 0 saturated carbocycles. The van der Waals surface area contributed by atoms with Crippen molar-refractivity contribution >= 4 is 14.3 Å². The zero-order valence-corrected chi connectivity index (χ0v) is 14.9. The Balaban J connectivity index is 2.35. The maximum absolute atomic E-state index is 12.4. The molecule has 2 rings (SSSR count). The van der Waals surface area contributed by atoms with E-state index in [2.05, 4.69) is 52.9 Å². The number of esters is 1. The summed E-state index contributed by atoms with van der Waals surface area (Å²) in [6.07, 6.45) is 4.94. The van der Waals surface area contributed by atoms with Crippen LogP contribution >= 0.6 is 0 Å². The van der Waals surface area contributed by atoms with Crippen molar-refractivity contribution in [2.75, 3.05) is 6.61 Å². The summed E-state index contributed by atoms with van der Waals surface area (Å²) in [6, 6.07) is 0. The van der Waals surface area contributed by atoms with Crippen LogP contribution in [0.15, 0.2) is 12.2 Å². The average Bonchev–Trinajstić information content (AvgIpc) is 2.53. The number of rotatable bonds is 2. The fourth-order valence-corrected chi connectivity index (χ4v) is 4.10. The number of cyclic esters (lactones) is 1. The highest BCUT2D eigenvalue weighted by molar-refractivity contribution is 6.74. The zero-order chi connectivity index (χ0) is 15.4. The fourth-order valence-electron chi connectivity index (χ4n) is 2.80. The van der Waals surface area contributed by atoms with Gasteiger partial charge in [0.05, 0.1) is 12.7 Å². The molecule has 1 fully saturated rings. The Kier molecular flexibility index (Phi) is 3.50. The Morgan fingerprint density at radius 2 is 1.95 bits per heavy atom. The Labute approximate surface area is 123 Å². The lowest BCUT2D eigenvalue weighted by Crippen LogP contribution is -2.55. The van der Waals surface area contributed by atoms with Crippen molar-refractivity contribution in [2.45, 2.75) is 65.3 Å². The first kappa shape index (κ1) is 15.8. The highest BCUT2D eigenvalue weighted by Gasteiger charge is 2.62. The predicted octanol–water partition coefficient (Wildman–Crippen LogP) is 3.91. The molecule has 3 nitrogen and oxygen atoms in total. The average molecular weight is 296 g/mol. The van der Waals surface area contributed by atoms with E-state index in [1.807, 2.05) is 6.92 Å². The molecule has 0 aromatic heterocycles. The quantitative estimate of drug-likeness (QED) is 0.440. The minimum Gasteiger partial charge on any atom is -0.465 e. The molecule has 0 bridgehead atoms. The maximum atomic E-state index is 12.4. The highest BCUT2D eigenvalue weighted by Crippen LogP contribution is 2.55. The molecule has 3 atom stereocenters. The number of allylic oxidation sites excluding steroid dienone is 1. The number of carbonyl (C=O) groups excluding carboxylic acids is 1. The van der Waals surface area contributed by atoms with E-state index < -0.39 is 13.7 Å². The summed E-state index contributed by atoms with van der Waals surface area (Å²) in [5.74, 6) is -0.104. The second-order valence-corrected chi connectivity index (χ2v) is 13.0. The molecule has 0 N–H and O–H groups in total. The van der Waals surface area contributed by atoms with Gasteiger partial charge in [-0.2, -0.15) is 0 Å². The van der Waals surface area contributed by atoms with E-state index in [0.717, 1.165) is 6.42 Å². The van der Waals surface area contributed by atoms with Gasteiger partial charge < -0.3 is 9.16 Å². The lowest BCUT2D eigenvalue weighted by Gasteiger charge is -2.48. The van der Waals surface area contributed by atoms with E-state index >= 15 is 0 Å². The smallest absolute Gasteiger partial charge is 0.315 e. The molecule has 20 heavy (non-hydrogen) atoms. The van der Waals surface area contributed by atoms with Gasteiger partial charge in [-0.15, -0.1) is 0 Å². The van der Waals surface area contributed by atoms with Gasteiger partial charge in [0, 0.05) is 5.41 Å². The van der Waals surface area contributed by atoms with Crippen LogP contribution in [0.25, 0.3) is 0 Å². The van der Waals surface area contributed by atoms with Crippen molar-refractivity contribution in [3.8, 4) is 0 Å². The minimum absolute atomic E-state index is 0.104. The molecule has 2 aliphatic rings. The van der Waals surface area contributed by atoms with E-state index in [4.69, 9.17) is 9.16 Å². The van der Waals surface area contributed by atoms with Crippen molar-refractivity contribution in [3.05, 3.63) is 12.2 Å². The largest absolute Gasteiger partial charge is 0.465 e. The van der Waals surface area contributed by atoms with Gasteiger partial charge in [-0.05, 0) is 31.5 Å². The molecule has 0 amide bonds. The molecule has 1 aliphatic carbocycles. The van der Waals surface area contributed by atoms with E-state index in [9.17, 15) is 4.79 Å². The molecular formula is C16H28O3Si. The fraction of sp³-hybridized carbons (Fsp3) is 0.812. The third kappa shape index (κ3) is 2.08. The van der Waals surface area contributed by atoms with E-state index in [1.165, 1.54) is 0 Å². The van der Waals surface area contributed by atoms with Gasteiger partial charge in [-0.25, -0.2) is 0 Å². The second-order valence-electron chi connectivity index (χ2n) is 8.27. The van der Waals surface area contributed by atoms with Gasteiger partial charge in [-0.3, -0.25) is 4.79 Å². The summed E-state index contributed by atoms with van der Waals surface area (Å²) in [7, 11) is -1.92. The summed E-state index contributed by atoms with van der Waals surface area (Å²) in [5, 5.41) is 0.132. The normalized spacial score (nSPS) is 37.8. The van der Waals surface area contributed by atoms with Crippen LogP contribution in [0.3, 0.4) is 0 Å². The Bertz CT molecular complexity index is 449. The molecule has 1 heterocycles. The van der Waals surface area contributed by atoms with Crippen molar-refractivity contribution in [3.63, 3.8) is 0 Å². The third-order valence-electron chi connectivity index (χ3n) is 5.88. The summed E-state index contributed by atoms with van der Waals surface area (Å²) in [4.78, 5) is 12.4. The summed E-state index contributed by atoms with van der Waals surface area (Å²) in [6.45, 7) is 15.8. The molecule has 114 valence electrons. The van der Waals surface area contributed by atoms with Gasteiger partial charge in [0.15, 0.2) is 8.32 Å². The van der Waals surface area contributed by atoms with Crippen LogP contribution in [0, 0.1) is 10.8 Å². The molecule has 0 spiro atoms. The van der Waals surface area contributed by atoms with Crippen molar-refractivity contribution in [1.82, 2.24) is 0 Å². The molecular weight excluding hydrogens is 268 g/mol. The van der Waals surface area contributed by atoms with Gasteiger partial charge >= 0.3 is 5.97 Å². The summed E-state index contributed by atoms with van der Waals surface area (Å²) >= 11 is 0. The van der Waals surface area contributed by atoms with Crippen LogP contribution in [-0.4, -0.2) is 27.0 Å². The molecule has 0 unspecified atom stereocenters. The molecule has 0 aromatic carbocycles. The Morgan fingerprint density at radius 3 is 2.50 bits per heavy atom. The van der Waals surface area contributed by atoms with Crippen molar-refractivity contribution < 1.29 is 14.0 Å². The Hall–Kier alpha value is -0.613. The number of hydrogen-bond acceptors (Lipinski definition) is 3. The second kappa shape index (κ2) is 4.44. The predicted molar refractivity (Wildman–Crippen MR) is 83.0 cm³/mol. The third-order valence-corrected chi connectivity index (χ3v) is 10.3. The molecule has 1 aliphatic heterocycles. The molecule has 4 heteroatoms. The lowest BCUT2D eigenvalue weighted by molar-refractivity contribution is -0.150. The first-order chi connectivity index (χ1) is 8.94. The SMILES string of the molecule is CC(C)(C)[Si](C)(C)O[C@@H]1C=CC[C@]2(C)COC(=O)[C@]12C. The van der Waals surface area contributed by atoms with Gasteiger partial charge in [0.1, 0.15) is 5.41 Å². The highest BCUT2D eigenvalue weighted by atomic mass is 28.4. The van der Waals surface area contributed by atoms with Gasteiger partial charge in [-0.1, -0.05) is 39.8 Å². The maximum Gasteiger partial charge on any atom is 0.315 e. The first-order valence-corrected chi connectivity index (χ1v) is 10.4. The van der Waals surface area contributed by atoms with Gasteiger partial charge in [0.2, 0.25) is 0 Å². The van der Waals surface area contributed by atoms with E-state index in [0.29, 0.717) is 6.61 Å². The van der Waals surface area contributed by atoms with E-state index in [-0.39, 0.29) is 22.5 Å². The minimum atomic E-state index is -1.92. The van der Waals surface area contributed by atoms with Gasteiger partial charge in [0.25, 0.3) is 0 Å². The monoisotopic (exact) mass is 296 g/mol.